The molecule has 126 valence electrons. The summed E-state index contributed by atoms with van der Waals surface area (Å²) in [6.45, 7) is 3.03. The number of hydrogen-bond donors (Lipinski definition) is 2. The topological polar surface area (TPSA) is 108 Å². The number of guanidine groups is 1. The molecule has 0 saturated carbocycles. The van der Waals surface area contributed by atoms with Crippen molar-refractivity contribution in [2.24, 2.45) is 10.7 Å². The van der Waals surface area contributed by atoms with E-state index in [0.717, 1.165) is 25.9 Å². The first-order valence-corrected chi connectivity index (χ1v) is 9.55. The third-order valence-corrected chi connectivity index (χ3v) is 5.07. The molecule has 1 atom stereocenters. The van der Waals surface area contributed by atoms with E-state index in [4.69, 9.17) is 5.73 Å². The van der Waals surface area contributed by atoms with Gasteiger partial charge in [-0.3, -0.25) is 9.79 Å². The molecule has 0 aromatic rings. The quantitative estimate of drug-likeness (QED) is 0.603. The van der Waals surface area contributed by atoms with Crippen LogP contribution in [0.1, 0.15) is 25.7 Å². The first-order valence-electron chi connectivity index (χ1n) is 7.70. The van der Waals surface area contributed by atoms with Crippen molar-refractivity contribution in [3.8, 4) is 0 Å². The fourth-order valence-corrected chi connectivity index (χ4v) is 3.57. The van der Waals surface area contributed by atoms with Crippen LogP contribution in [-0.4, -0.2) is 74.5 Å². The van der Waals surface area contributed by atoms with Crippen LogP contribution in [0.25, 0.3) is 0 Å². The van der Waals surface area contributed by atoms with E-state index in [1.54, 1.807) is 0 Å². The second-order valence-corrected chi connectivity index (χ2v) is 7.66. The summed E-state index contributed by atoms with van der Waals surface area (Å²) in [6, 6.07) is -0.476. The molecule has 0 aliphatic carbocycles. The van der Waals surface area contributed by atoms with Crippen molar-refractivity contribution < 1.29 is 13.2 Å². The lowest BCUT2D eigenvalue weighted by Gasteiger charge is -2.21. The third-order valence-electron chi connectivity index (χ3n) is 3.91. The monoisotopic (exact) mass is 331 g/mol. The molecule has 1 fully saturated rings. The van der Waals surface area contributed by atoms with Crippen LogP contribution < -0.4 is 11.1 Å². The minimum Gasteiger partial charge on any atom is -0.355 e. The van der Waals surface area contributed by atoms with Crippen LogP contribution >= 0.6 is 0 Å². The molecule has 22 heavy (non-hydrogen) atoms. The van der Waals surface area contributed by atoms with Crippen LogP contribution in [-0.2, 0) is 14.8 Å². The number of nitrogens with one attached hydrogen (secondary N) is 1. The zero-order valence-electron chi connectivity index (χ0n) is 13.0. The van der Waals surface area contributed by atoms with E-state index in [2.05, 4.69) is 10.3 Å². The molecule has 0 aromatic carbocycles. The summed E-state index contributed by atoms with van der Waals surface area (Å²) in [7, 11) is -3.28. The van der Waals surface area contributed by atoms with Gasteiger partial charge in [0.1, 0.15) is 0 Å². The first-order chi connectivity index (χ1) is 10.4. The number of hydrogen-bond acceptors (Lipinski definition) is 6. The summed E-state index contributed by atoms with van der Waals surface area (Å²) in [5.74, 6) is 0.412. The van der Waals surface area contributed by atoms with E-state index in [9.17, 15) is 13.2 Å². The SMILES string of the molecule is CS(=O)(=O)N1CCN=C1NCCCC(N)C(=O)N1CCCC1. The smallest absolute Gasteiger partial charge is 0.239 e. The molecule has 1 amide bonds. The fraction of sp³-hybridized carbons (Fsp3) is 0.846. The molecule has 3 N–H and O–H groups in total. The molecule has 2 rings (SSSR count). The second kappa shape index (κ2) is 7.28. The predicted octanol–water partition coefficient (Wildman–Crippen LogP) is -1.06. The minimum atomic E-state index is -3.28. The van der Waals surface area contributed by atoms with Gasteiger partial charge in [-0.15, -0.1) is 0 Å². The van der Waals surface area contributed by atoms with Gasteiger partial charge in [-0.05, 0) is 25.7 Å². The molecule has 1 unspecified atom stereocenters. The van der Waals surface area contributed by atoms with Crippen LogP contribution in [0.2, 0.25) is 0 Å². The zero-order chi connectivity index (χ0) is 16.2. The maximum Gasteiger partial charge on any atom is 0.239 e. The Hall–Kier alpha value is -1.35. The zero-order valence-corrected chi connectivity index (χ0v) is 13.8. The number of nitrogens with zero attached hydrogens (tertiary/aromatic N) is 3. The van der Waals surface area contributed by atoms with E-state index in [1.165, 1.54) is 10.6 Å². The number of aliphatic imine (C=N–C) groups is 1. The van der Waals surface area contributed by atoms with Gasteiger partial charge in [-0.1, -0.05) is 0 Å². The van der Waals surface area contributed by atoms with Crippen LogP contribution in [0.3, 0.4) is 0 Å². The molecule has 2 aliphatic rings. The Morgan fingerprint density at radius 3 is 2.68 bits per heavy atom. The lowest BCUT2D eigenvalue weighted by atomic mass is 10.1. The Kier molecular flexibility index (Phi) is 5.63. The maximum absolute atomic E-state index is 12.0. The molecule has 0 radical (unpaired) electrons. The van der Waals surface area contributed by atoms with E-state index in [-0.39, 0.29) is 5.91 Å². The molecule has 9 heteroatoms. The average molecular weight is 331 g/mol. The molecule has 8 nitrogen and oxygen atoms in total. The fourth-order valence-electron chi connectivity index (χ4n) is 2.72. The Morgan fingerprint density at radius 2 is 2.05 bits per heavy atom. The van der Waals surface area contributed by atoms with Gasteiger partial charge in [0, 0.05) is 19.6 Å². The number of nitrogens with two attached hydrogens (primary N) is 1. The van der Waals surface area contributed by atoms with Gasteiger partial charge in [0.2, 0.25) is 21.9 Å². The van der Waals surface area contributed by atoms with Crippen LogP contribution in [0.5, 0.6) is 0 Å². The Balaban J connectivity index is 1.69. The molecular weight excluding hydrogens is 306 g/mol. The summed E-state index contributed by atoms with van der Waals surface area (Å²) in [5, 5.41) is 3.02. The Labute approximate surface area is 131 Å². The molecule has 0 bridgehead atoms. The molecule has 0 aromatic heterocycles. The van der Waals surface area contributed by atoms with Gasteiger partial charge < -0.3 is 16.0 Å². The number of rotatable bonds is 6. The number of amides is 1. The van der Waals surface area contributed by atoms with E-state index >= 15 is 0 Å². The van der Waals surface area contributed by atoms with Crippen molar-refractivity contribution >= 4 is 21.9 Å². The van der Waals surface area contributed by atoms with Gasteiger partial charge in [0.25, 0.3) is 0 Å². The van der Waals surface area contributed by atoms with E-state index in [1.807, 2.05) is 4.90 Å². The molecule has 1 saturated heterocycles. The number of carbonyl (C=O) groups excluding carboxylic acids is 1. The summed E-state index contributed by atoms with van der Waals surface area (Å²) in [6.07, 6.45) is 4.55. The van der Waals surface area contributed by atoms with Gasteiger partial charge in [-0.25, -0.2) is 12.7 Å². The normalized spacial score (nSPS) is 20.2. The standard InChI is InChI=1S/C13H25N5O3S/c1-22(20,21)18-10-7-16-13(18)15-6-4-5-11(14)12(19)17-8-2-3-9-17/h11H,2-10,14H2,1H3,(H,15,16). The van der Waals surface area contributed by atoms with Gasteiger partial charge in [-0.2, -0.15) is 0 Å². The minimum absolute atomic E-state index is 0.0217. The lowest BCUT2D eigenvalue weighted by Crippen LogP contribution is -2.44. The molecular formula is C13H25N5O3S. The lowest BCUT2D eigenvalue weighted by molar-refractivity contribution is -0.131. The van der Waals surface area contributed by atoms with Gasteiger partial charge in [0.15, 0.2) is 0 Å². The highest BCUT2D eigenvalue weighted by molar-refractivity contribution is 7.88. The Morgan fingerprint density at radius 1 is 1.36 bits per heavy atom. The van der Waals surface area contributed by atoms with Gasteiger partial charge in [0.05, 0.1) is 25.4 Å². The van der Waals surface area contributed by atoms with Gasteiger partial charge >= 0.3 is 0 Å². The number of sulfonamides is 1. The van der Waals surface area contributed by atoms with Crippen LogP contribution in [0.4, 0.5) is 0 Å². The summed E-state index contributed by atoms with van der Waals surface area (Å²) in [5.41, 5.74) is 5.93. The summed E-state index contributed by atoms with van der Waals surface area (Å²) < 4.78 is 24.4. The predicted molar refractivity (Wildman–Crippen MR) is 84.9 cm³/mol. The van der Waals surface area contributed by atoms with Crippen LogP contribution in [0.15, 0.2) is 4.99 Å². The van der Waals surface area contributed by atoms with Crippen molar-refractivity contribution in [1.29, 1.82) is 0 Å². The van der Waals surface area contributed by atoms with Crippen molar-refractivity contribution in [3.63, 3.8) is 0 Å². The molecule has 2 aliphatic heterocycles. The highest BCUT2D eigenvalue weighted by Crippen LogP contribution is 2.10. The third kappa shape index (κ3) is 4.33. The van der Waals surface area contributed by atoms with Crippen molar-refractivity contribution in [3.05, 3.63) is 0 Å². The van der Waals surface area contributed by atoms with E-state index < -0.39 is 16.1 Å². The highest BCUT2D eigenvalue weighted by atomic mass is 32.2. The Bertz CT molecular complexity index is 528. The van der Waals surface area contributed by atoms with Crippen molar-refractivity contribution in [2.75, 3.05) is 39.0 Å². The highest BCUT2D eigenvalue weighted by Gasteiger charge is 2.25. The average Bonchev–Trinajstić information content (AvgIpc) is 3.12. The second-order valence-electron chi connectivity index (χ2n) is 5.75. The largest absolute Gasteiger partial charge is 0.355 e. The molecule has 0 spiro atoms. The first kappa shape index (κ1) is 17.0. The van der Waals surface area contributed by atoms with Crippen molar-refractivity contribution in [1.82, 2.24) is 14.5 Å². The number of carbonyl (C=O) groups is 1. The molecule has 2 heterocycles. The van der Waals surface area contributed by atoms with E-state index in [0.29, 0.717) is 38.4 Å². The van der Waals surface area contributed by atoms with Crippen LogP contribution in [0, 0.1) is 0 Å². The summed E-state index contributed by atoms with van der Waals surface area (Å²) >= 11 is 0. The maximum atomic E-state index is 12.0. The number of likely N-dealkylation sites (tertiary alicyclic amines) is 1. The summed E-state index contributed by atoms with van der Waals surface area (Å²) in [4.78, 5) is 18.0. The van der Waals surface area contributed by atoms with Crippen molar-refractivity contribution in [2.45, 2.75) is 31.7 Å².